The number of aromatic nitrogens is 3. The van der Waals surface area contributed by atoms with Crippen molar-refractivity contribution in [2.24, 2.45) is 0 Å². The van der Waals surface area contributed by atoms with Crippen LogP contribution >= 0.6 is 0 Å². The van der Waals surface area contributed by atoms with Gasteiger partial charge in [0, 0.05) is 18.3 Å². The number of fused-ring (bicyclic) bond motifs is 2. The molecule has 0 aliphatic carbocycles. The summed E-state index contributed by atoms with van der Waals surface area (Å²) in [5, 5.41) is 20.0. The Morgan fingerprint density at radius 1 is 1.37 bits per heavy atom. The van der Waals surface area contributed by atoms with Crippen LogP contribution < -0.4 is 15.4 Å². The number of carbonyl (C=O) groups is 1. The van der Waals surface area contributed by atoms with Crippen molar-refractivity contribution in [1.29, 1.82) is 0 Å². The first kappa shape index (κ1) is 17.2. The zero-order valence-corrected chi connectivity index (χ0v) is 14.5. The zero-order valence-electron chi connectivity index (χ0n) is 14.5. The molecule has 140 valence electrons. The molecule has 2 atom stereocenters. The van der Waals surface area contributed by atoms with Crippen molar-refractivity contribution in [1.82, 2.24) is 19.9 Å². The number of aliphatic hydroxyl groups excluding tert-OH is 1. The fourth-order valence-corrected chi connectivity index (χ4v) is 2.95. The molecule has 0 spiro atoms. The second kappa shape index (κ2) is 6.84. The maximum absolute atomic E-state index is 13.8. The monoisotopic (exact) mass is 371 g/mol. The first-order chi connectivity index (χ1) is 13.0. The Morgan fingerprint density at radius 2 is 2.22 bits per heavy atom. The van der Waals surface area contributed by atoms with Crippen LogP contribution in [0.2, 0.25) is 0 Å². The summed E-state index contributed by atoms with van der Waals surface area (Å²) in [6.45, 7) is 1.80. The lowest BCUT2D eigenvalue weighted by Crippen LogP contribution is -2.35. The van der Waals surface area contributed by atoms with Gasteiger partial charge in [-0.2, -0.15) is 5.10 Å². The number of β-amino-alcohol motifs (C(OH)–C–C–N with tert-alkyl or cyclic N) is 1. The van der Waals surface area contributed by atoms with E-state index in [2.05, 4.69) is 20.7 Å². The maximum atomic E-state index is 13.8. The second-order valence-corrected chi connectivity index (χ2v) is 6.36. The SMILES string of the molecule is C[C@H]1Nc2ccn3ncc(c3n2)C(=O)NC[C@@H](O)COc2ccc(F)cc21. The summed E-state index contributed by atoms with van der Waals surface area (Å²) in [7, 11) is 0. The number of anilines is 1. The molecule has 8 nitrogen and oxygen atoms in total. The molecule has 0 unspecified atom stereocenters. The molecule has 2 aromatic heterocycles. The molecule has 0 saturated heterocycles. The lowest BCUT2D eigenvalue weighted by molar-refractivity contribution is 0.0843. The van der Waals surface area contributed by atoms with E-state index in [1.165, 1.54) is 28.9 Å². The van der Waals surface area contributed by atoms with Crippen LogP contribution in [0.25, 0.3) is 5.65 Å². The fourth-order valence-electron chi connectivity index (χ4n) is 2.95. The molecule has 4 rings (SSSR count). The molecule has 3 aromatic rings. The van der Waals surface area contributed by atoms with Crippen LogP contribution in [0.4, 0.5) is 10.2 Å². The highest BCUT2D eigenvalue weighted by Crippen LogP contribution is 2.29. The molecule has 1 aromatic carbocycles. The number of carbonyl (C=O) groups excluding carboxylic acids is 1. The van der Waals surface area contributed by atoms with Crippen LogP contribution in [-0.2, 0) is 0 Å². The summed E-state index contributed by atoms with van der Waals surface area (Å²) in [5.74, 6) is 0.185. The van der Waals surface area contributed by atoms with Crippen molar-refractivity contribution in [3.05, 3.63) is 53.6 Å². The molecule has 0 saturated carbocycles. The van der Waals surface area contributed by atoms with Gasteiger partial charge in [-0.05, 0) is 31.2 Å². The highest BCUT2D eigenvalue weighted by molar-refractivity contribution is 5.99. The van der Waals surface area contributed by atoms with Gasteiger partial charge < -0.3 is 20.5 Å². The minimum absolute atomic E-state index is 0.000194. The third-order valence-corrected chi connectivity index (χ3v) is 4.35. The number of nitrogens with zero attached hydrogens (tertiary/aromatic N) is 3. The molecule has 2 bridgehead atoms. The van der Waals surface area contributed by atoms with Gasteiger partial charge in [0.25, 0.3) is 5.91 Å². The van der Waals surface area contributed by atoms with E-state index in [1.54, 1.807) is 12.3 Å². The van der Waals surface area contributed by atoms with Gasteiger partial charge >= 0.3 is 0 Å². The van der Waals surface area contributed by atoms with Gasteiger partial charge in [-0.25, -0.2) is 13.9 Å². The number of halogens is 1. The molecule has 3 N–H and O–H groups in total. The minimum atomic E-state index is -0.927. The fraction of sp³-hybridized carbons (Fsp3) is 0.278. The topological polar surface area (TPSA) is 101 Å². The third-order valence-electron chi connectivity index (χ3n) is 4.35. The van der Waals surface area contributed by atoms with Crippen LogP contribution in [0.1, 0.15) is 28.9 Å². The Balaban J connectivity index is 1.78. The summed E-state index contributed by atoms with van der Waals surface area (Å²) in [4.78, 5) is 16.8. The Kier molecular flexibility index (Phi) is 4.36. The summed E-state index contributed by atoms with van der Waals surface area (Å²) >= 11 is 0. The number of hydrogen-bond donors (Lipinski definition) is 3. The molecule has 1 aliphatic rings. The molecule has 1 aliphatic heterocycles. The lowest BCUT2D eigenvalue weighted by atomic mass is 10.1. The molecule has 9 heteroatoms. The summed E-state index contributed by atoms with van der Waals surface area (Å²) in [6, 6.07) is 5.59. The average molecular weight is 371 g/mol. The summed E-state index contributed by atoms with van der Waals surface area (Å²) in [5.41, 5.74) is 1.27. The number of hydrogen-bond acceptors (Lipinski definition) is 6. The second-order valence-electron chi connectivity index (χ2n) is 6.36. The van der Waals surface area contributed by atoms with E-state index in [9.17, 15) is 14.3 Å². The number of ether oxygens (including phenoxy) is 1. The number of aliphatic hydroxyl groups is 1. The largest absolute Gasteiger partial charge is 0.490 e. The van der Waals surface area contributed by atoms with Crippen molar-refractivity contribution in [2.45, 2.75) is 19.1 Å². The van der Waals surface area contributed by atoms with Crippen molar-refractivity contribution < 1.29 is 19.0 Å². The predicted molar refractivity (Wildman–Crippen MR) is 95.3 cm³/mol. The van der Waals surface area contributed by atoms with Crippen LogP contribution in [0.5, 0.6) is 5.75 Å². The van der Waals surface area contributed by atoms with Crippen molar-refractivity contribution >= 4 is 17.4 Å². The highest BCUT2D eigenvalue weighted by atomic mass is 19.1. The molecular weight excluding hydrogens is 353 g/mol. The van der Waals surface area contributed by atoms with E-state index in [4.69, 9.17) is 4.74 Å². The first-order valence-corrected chi connectivity index (χ1v) is 8.50. The summed E-state index contributed by atoms with van der Waals surface area (Å²) in [6.07, 6.45) is 2.17. The number of benzene rings is 1. The standard InChI is InChI=1S/C18H18FN5O3/c1-10-13-6-11(19)2-3-15(13)27-9-12(25)7-20-18(26)14-8-21-24-5-4-16(22-10)23-17(14)24/h2-6,8,10,12,25H,7,9H2,1H3,(H,20,26)(H,22,23)/t10-,12-/m1/s1. The van der Waals surface area contributed by atoms with Gasteiger partial charge in [-0.15, -0.1) is 0 Å². The minimum Gasteiger partial charge on any atom is -0.490 e. The Morgan fingerprint density at radius 3 is 3.07 bits per heavy atom. The number of amides is 1. The molecule has 1 amide bonds. The summed E-state index contributed by atoms with van der Waals surface area (Å²) < 4.78 is 20.9. The van der Waals surface area contributed by atoms with Gasteiger partial charge in [0.1, 0.15) is 35.7 Å². The van der Waals surface area contributed by atoms with Gasteiger partial charge in [0.2, 0.25) is 0 Å². The third kappa shape index (κ3) is 3.41. The van der Waals surface area contributed by atoms with E-state index >= 15 is 0 Å². The average Bonchev–Trinajstić information content (AvgIpc) is 3.07. The van der Waals surface area contributed by atoms with Crippen molar-refractivity contribution in [2.75, 3.05) is 18.5 Å². The van der Waals surface area contributed by atoms with E-state index in [1.807, 2.05) is 6.92 Å². The Bertz CT molecular complexity index is 1010. The van der Waals surface area contributed by atoms with Gasteiger partial charge in [-0.1, -0.05) is 0 Å². The van der Waals surface area contributed by atoms with Gasteiger partial charge in [0.05, 0.1) is 12.2 Å². The maximum Gasteiger partial charge on any atom is 0.256 e. The quantitative estimate of drug-likeness (QED) is 0.554. The van der Waals surface area contributed by atoms with Crippen molar-refractivity contribution in [3.8, 4) is 5.75 Å². The molecule has 0 radical (unpaired) electrons. The highest BCUT2D eigenvalue weighted by Gasteiger charge is 2.19. The lowest BCUT2D eigenvalue weighted by Gasteiger charge is -2.21. The normalized spacial score (nSPS) is 20.3. The van der Waals surface area contributed by atoms with Crippen LogP contribution in [0, 0.1) is 5.82 Å². The van der Waals surface area contributed by atoms with Crippen molar-refractivity contribution in [3.63, 3.8) is 0 Å². The Labute approximate surface area is 154 Å². The van der Waals surface area contributed by atoms with E-state index in [0.29, 0.717) is 28.3 Å². The predicted octanol–water partition coefficient (Wildman–Crippen LogP) is 1.52. The zero-order chi connectivity index (χ0) is 19.0. The first-order valence-electron chi connectivity index (χ1n) is 8.50. The molecule has 27 heavy (non-hydrogen) atoms. The smallest absolute Gasteiger partial charge is 0.256 e. The number of nitrogens with one attached hydrogen (secondary N) is 2. The van der Waals surface area contributed by atoms with Crippen LogP contribution in [0.15, 0.2) is 36.7 Å². The molecular formula is C18H18FN5O3. The van der Waals surface area contributed by atoms with E-state index in [0.717, 1.165) is 0 Å². The molecule has 0 fully saturated rings. The van der Waals surface area contributed by atoms with E-state index < -0.39 is 6.10 Å². The van der Waals surface area contributed by atoms with Crippen LogP contribution in [-0.4, -0.2) is 44.9 Å². The molecule has 3 heterocycles. The van der Waals surface area contributed by atoms with Gasteiger partial charge in [0.15, 0.2) is 5.65 Å². The van der Waals surface area contributed by atoms with Gasteiger partial charge in [-0.3, -0.25) is 4.79 Å². The Hall–Kier alpha value is -3.20. The van der Waals surface area contributed by atoms with Crippen LogP contribution in [0.3, 0.4) is 0 Å². The van der Waals surface area contributed by atoms with E-state index in [-0.39, 0.29) is 30.9 Å². The number of rotatable bonds is 0.